The summed E-state index contributed by atoms with van der Waals surface area (Å²) in [7, 11) is 1.63. The Morgan fingerprint density at radius 3 is 2.41 bits per heavy atom. The van der Waals surface area contributed by atoms with Crippen molar-refractivity contribution in [2.24, 2.45) is 13.0 Å². The minimum absolute atomic E-state index is 0.0689. The highest BCUT2D eigenvalue weighted by atomic mass is 19.1. The minimum atomic E-state index is -0.447. The second-order valence-corrected chi connectivity index (χ2v) is 8.61. The molecular weight excluding hydrogens is 409 g/mol. The molecule has 1 atom stereocenters. The van der Waals surface area contributed by atoms with Gasteiger partial charge in [-0.2, -0.15) is 4.98 Å². The van der Waals surface area contributed by atoms with E-state index in [2.05, 4.69) is 11.8 Å². The summed E-state index contributed by atoms with van der Waals surface area (Å²) in [5.41, 5.74) is 2.79. The van der Waals surface area contributed by atoms with Crippen molar-refractivity contribution < 1.29 is 4.39 Å². The van der Waals surface area contributed by atoms with E-state index in [0.717, 1.165) is 12.2 Å². The van der Waals surface area contributed by atoms with Crippen LogP contribution in [0.5, 0.6) is 0 Å². The van der Waals surface area contributed by atoms with E-state index in [4.69, 9.17) is 4.98 Å². The second kappa shape index (κ2) is 7.47. The predicted octanol–water partition coefficient (Wildman–Crippen LogP) is 3.18. The quantitative estimate of drug-likeness (QED) is 0.498. The van der Waals surface area contributed by atoms with Gasteiger partial charge in [-0.25, -0.2) is 9.18 Å². The molecular formula is C24H24FN5O2. The smallest absolute Gasteiger partial charge is 0.312 e. The van der Waals surface area contributed by atoms with Crippen LogP contribution < -0.4 is 16.1 Å². The van der Waals surface area contributed by atoms with Crippen LogP contribution in [0.15, 0.2) is 58.1 Å². The van der Waals surface area contributed by atoms with Gasteiger partial charge in [0.2, 0.25) is 5.95 Å². The van der Waals surface area contributed by atoms with E-state index in [0.29, 0.717) is 29.2 Å². The number of hydrogen-bond acceptors (Lipinski definition) is 4. The standard InChI is InChI=1S/C24H24FN5O2/c1-15-4-10-19(11-5-15)28-12-16(2)13-29-20-21(26-23(28)29)27(3)24(32)30(22(20)31)14-17-6-8-18(25)9-7-17/h4-11,16H,12-14H2,1-3H3. The van der Waals surface area contributed by atoms with Gasteiger partial charge in [0, 0.05) is 25.8 Å². The molecule has 0 spiro atoms. The molecule has 0 N–H and O–H groups in total. The number of aromatic nitrogens is 4. The molecule has 0 radical (unpaired) electrons. The Hall–Kier alpha value is -3.68. The first-order chi connectivity index (χ1) is 15.3. The number of rotatable bonds is 3. The zero-order valence-corrected chi connectivity index (χ0v) is 18.2. The molecule has 1 aliphatic rings. The number of anilines is 2. The van der Waals surface area contributed by atoms with Crippen LogP contribution in [-0.2, 0) is 20.1 Å². The lowest BCUT2D eigenvalue weighted by atomic mass is 10.1. The Balaban J connectivity index is 1.70. The van der Waals surface area contributed by atoms with E-state index >= 15 is 0 Å². The molecule has 1 aliphatic heterocycles. The van der Waals surface area contributed by atoms with Crippen molar-refractivity contribution >= 4 is 22.8 Å². The SMILES string of the molecule is Cc1ccc(N2CC(C)Cn3c2nc2c3c(=O)n(Cc3ccc(F)cc3)c(=O)n2C)cc1. The number of hydrogen-bond donors (Lipinski definition) is 0. The summed E-state index contributed by atoms with van der Waals surface area (Å²) in [4.78, 5) is 33.4. The molecule has 4 aromatic rings. The summed E-state index contributed by atoms with van der Waals surface area (Å²) in [6.07, 6.45) is 0. The fourth-order valence-corrected chi connectivity index (χ4v) is 4.36. The average Bonchev–Trinajstić information content (AvgIpc) is 3.16. The van der Waals surface area contributed by atoms with E-state index in [9.17, 15) is 14.0 Å². The molecule has 2 aromatic carbocycles. The third-order valence-electron chi connectivity index (χ3n) is 6.04. The first kappa shape index (κ1) is 20.2. The van der Waals surface area contributed by atoms with Gasteiger partial charge in [-0.1, -0.05) is 36.8 Å². The van der Waals surface area contributed by atoms with Crippen LogP contribution >= 0.6 is 0 Å². The van der Waals surface area contributed by atoms with Gasteiger partial charge in [0.15, 0.2) is 11.2 Å². The largest absolute Gasteiger partial charge is 0.332 e. The van der Waals surface area contributed by atoms with Crippen molar-refractivity contribution in [1.29, 1.82) is 0 Å². The summed E-state index contributed by atoms with van der Waals surface area (Å²) >= 11 is 0. The van der Waals surface area contributed by atoms with E-state index in [1.165, 1.54) is 26.8 Å². The van der Waals surface area contributed by atoms with Gasteiger partial charge in [-0.15, -0.1) is 0 Å². The second-order valence-electron chi connectivity index (χ2n) is 8.61. The van der Waals surface area contributed by atoms with E-state index in [1.807, 2.05) is 35.8 Å². The Bertz CT molecular complexity index is 1430. The monoisotopic (exact) mass is 433 g/mol. The highest BCUT2D eigenvalue weighted by Crippen LogP contribution is 2.32. The molecule has 0 saturated heterocycles. The van der Waals surface area contributed by atoms with Crippen LogP contribution in [0.25, 0.3) is 11.2 Å². The van der Waals surface area contributed by atoms with Crippen molar-refractivity contribution in [3.8, 4) is 0 Å². The van der Waals surface area contributed by atoms with Crippen molar-refractivity contribution in [3.63, 3.8) is 0 Å². The van der Waals surface area contributed by atoms with Crippen molar-refractivity contribution in [1.82, 2.24) is 18.7 Å². The van der Waals surface area contributed by atoms with E-state index in [-0.39, 0.29) is 23.8 Å². The van der Waals surface area contributed by atoms with Crippen LogP contribution in [0, 0.1) is 18.7 Å². The lowest BCUT2D eigenvalue weighted by Gasteiger charge is -2.33. The van der Waals surface area contributed by atoms with Gasteiger partial charge in [0.1, 0.15) is 5.82 Å². The molecule has 32 heavy (non-hydrogen) atoms. The van der Waals surface area contributed by atoms with Gasteiger partial charge in [-0.05, 0) is 42.7 Å². The summed E-state index contributed by atoms with van der Waals surface area (Å²) in [6, 6.07) is 14.0. The zero-order chi connectivity index (χ0) is 22.6. The molecule has 5 rings (SSSR count). The Morgan fingerprint density at radius 2 is 1.72 bits per heavy atom. The molecule has 0 saturated carbocycles. The number of aryl methyl sites for hydroxylation is 2. The van der Waals surface area contributed by atoms with Gasteiger partial charge >= 0.3 is 5.69 Å². The van der Waals surface area contributed by atoms with Gasteiger partial charge in [-0.3, -0.25) is 13.9 Å². The Labute approximate surface area is 184 Å². The molecule has 0 aliphatic carbocycles. The minimum Gasteiger partial charge on any atom is -0.312 e. The molecule has 7 nitrogen and oxygen atoms in total. The van der Waals surface area contributed by atoms with E-state index < -0.39 is 5.69 Å². The Kier molecular flexibility index (Phi) is 4.73. The first-order valence-corrected chi connectivity index (χ1v) is 10.6. The molecule has 0 fully saturated rings. The van der Waals surface area contributed by atoms with Crippen LogP contribution in [0.1, 0.15) is 18.1 Å². The summed E-state index contributed by atoms with van der Waals surface area (Å²) in [5, 5.41) is 0. The highest BCUT2D eigenvalue weighted by molar-refractivity contribution is 5.77. The van der Waals surface area contributed by atoms with Crippen molar-refractivity contribution in [2.45, 2.75) is 26.9 Å². The Morgan fingerprint density at radius 1 is 1.03 bits per heavy atom. The molecule has 164 valence electrons. The number of fused-ring (bicyclic) bond motifs is 3. The highest BCUT2D eigenvalue weighted by Gasteiger charge is 2.29. The molecule has 8 heteroatoms. The summed E-state index contributed by atoms with van der Waals surface area (Å²) < 4.78 is 17.8. The third kappa shape index (κ3) is 3.23. The van der Waals surface area contributed by atoms with Crippen LogP contribution in [-0.4, -0.2) is 25.2 Å². The summed E-state index contributed by atoms with van der Waals surface area (Å²) in [6.45, 7) is 5.65. The average molecular weight is 433 g/mol. The first-order valence-electron chi connectivity index (χ1n) is 10.6. The van der Waals surface area contributed by atoms with Crippen LogP contribution in [0.3, 0.4) is 0 Å². The van der Waals surface area contributed by atoms with E-state index in [1.54, 1.807) is 19.2 Å². The van der Waals surface area contributed by atoms with Gasteiger partial charge in [0.25, 0.3) is 5.56 Å². The maximum atomic E-state index is 13.5. The lowest BCUT2D eigenvalue weighted by molar-refractivity contribution is 0.458. The topological polar surface area (TPSA) is 65.1 Å². The third-order valence-corrected chi connectivity index (χ3v) is 6.04. The predicted molar refractivity (Wildman–Crippen MR) is 122 cm³/mol. The van der Waals surface area contributed by atoms with Crippen LogP contribution in [0.4, 0.5) is 16.0 Å². The number of nitrogens with zero attached hydrogens (tertiary/aromatic N) is 5. The molecule has 2 aromatic heterocycles. The lowest BCUT2D eigenvalue weighted by Crippen LogP contribution is -2.40. The number of halogens is 1. The van der Waals surface area contributed by atoms with Gasteiger partial charge in [0.05, 0.1) is 6.54 Å². The molecule has 0 amide bonds. The van der Waals surface area contributed by atoms with Crippen molar-refractivity contribution in [2.75, 3.05) is 11.4 Å². The number of benzene rings is 2. The fraction of sp³-hybridized carbons (Fsp3) is 0.292. The molecule has 1 unspecified atom stereocenters. The summed E-state index contributed by atoms with van der Waals surface area (Å²) in [5.74, 6) is 0.580. The van der Waals surface area contributed by atoms with Crippen LogP contribution in [0.2, 0.25) is 0 Å². The fourth-order valence-electron chi connectivity index (χ4n) is 4.36. The zero-order valence-electron chi connectivity index (χ0n) is 18.2. The maximum absolute atomic E-state index is 13.5. The van der Waals surface area contributed by atoms with Gasteiger partial charge < -0.3 is 9.47 Å². The number of imidazole rings is 1. The molecule has 0 bridgehead atoms. The normalized spacial score (nSPS) is 15.9. The van der Waals surface area contributed by atoms with Crippen molar-refractivity contribution in [3.05, 3.63) is 86.3 Å². The molecule has 3 heterocycles. The maximum Gasteiger partial charge on any atom is 0.332 e.